The van der Waals surface area contributed by atoms with Crippen molar-refractivity contribution in [1.29, 1.82) is 0 Å². The Kier molecular flexibility index (Phi) is 3.60. The summed E-state index contributed by atoms with van der Waals surface area (Å²) in [5.74, 6) is -1.73. The lowest BCUT2D eigenvalue weighted by molar-refractivity contribution is -0.137. The molecule has 7 heteroatoms. The van der Waals surface area contributed by atoms with Gasteiger partial charge in [0.25, 0.3) is 11.7 Å². The molecule has 0 unspecified atom stereocenters. The summed E-state index contributed by atoms with van der Waals surface area (Å²) in [5.41, 5.74) is -0.567. The van der Waals surface area contributed by atoms with Crippen LogP contribution in [0.1, 0.15) is 15.9 Å². The van der Waals surface area contributed by atoms with Crippen molar-refractivity contribution in [3.05, 3.63) is 41.5 Å². The molecule has 1 aliphatic rings. The van der Waals surface area contributed by atoms with E-state index < -0.39 is 23.4 Å². The molecule has 1 aromatic rings. The fourth-order valence-corrected chi connectivity index (χ4v) is 1.98. The molecule has 3 nitrogen and oxygen atoms in total. The van der Waals surface area contributed by atoms with Crippen LogP contribution in [0, 0.1) is 0 Å². The van der Waals surface area contributed by atoms with E-state index in [0.717, 1.165) is 17.0 Å². The Bertz CT molecular complexity index is 610. The van der Waals surface area contributed by atoms with E-state index in [1.165, 1.54) is 0 Å². The van der Waals surface area contributed by atoms with Crippen LogP contribution < -0.4 is 4.90 Å². The molecule has 1 aliphatic heterocycles. The molecule has 1 aromatic carbocycles. The standard InChI is InChI=1S/C13H9ClF3NO2/c1-7(5-14)6-18-10-3-2-8(13(15,16)17)4-9(10)11(19)12(18)20/h2-4H,1,5-6H2. The molecule has 0 radical (unpaired) electrons. The fraction of sp³-hybridized carbons (Fsp3) is 0.231. The van der Waals surface area contributed by atoms with Crippen molar-refractivity contribution in [3.8, 4) is 0 Å². The van der Waals surface area contributed by atoms with Crippen LogP contribution in [0.2, 0.25) is 0 Å². The number of hydrogen-bond acceptors (Lipinski definition) is 2. The maximum atomic E-state index is 12.6. The van der Waals surface area contributed by atoms with Gasteiger partial charge in [0.15, 0.2) is 0 Å². The summed E-state index contributed by atoms with van der Waals surface area (Å²) < 4.78 is 37.8. The number of alkyl halides is 4. The first-order valence-electron chi connectivity index (χ1n) is 5.55. The van der Waals surface area contributed by atoms with Gasteiger partial charge in [0, 0.05) is 12.4 Å². The zero-order valence-electron chi connectivity index (χ0n) is 10.1. The molecule has 2 rings (SSSR count). The van der Waals surface area contributed by atoms with Crippen molar-refractivity contribution < 1.29 is 22.8 Å². The molecule has 1 heterocycles. The van der Waals surface area contributed by atoms with Crippen molar-refractivity contribution in [1.82, 2.24) is 0 Å². The molecule has 0 atom stereocenters. The predicted molar refractivity (Wildman–Crippen MR) is 68.0 cm³/mol. The summed E-state index contributed by atoms with van der Waals surface area (Å²) in [6, 6.07) is 2.64. The van der Waals surface area contributed by atoms with E-state index in [-0.39, 0.29) is 23.7 Å². The Hall–Kier alpha value is -1.82. The lowest BCUT2D eigenvalue weighted by Gasteiger charge is -2.17. The lowest BCUT2D eigenvalue weighted by atomic mass is 10.1. The van der Waals surface area contributed by atoms with Gasteiger partial charge in [-0.15, -0.1) is 11.6 Å². The van der Waals surface area contributed by atoms with E-state index in [9.17, 15) is 22.8 Å². The largest absolute Gasteiger partial charge is 0.416 e. The second-order valence-electron chi connectivity index (χ2n) is 4.33. The smallest absolute Gasteiger partial charge is 0.301 e. The van der Waals surface area contributed by atoms with Crippen LogP contribution in [0.5, 0.6) is 0 Å². The molecule has 20 heavy (non-hydrogen) atoms. The zero-order chi connectivity index (χ0) is 15.1. The number of halogens is 4. The van der Waals surface area contributed by atoms with Crippen molar-refractivity contribution >= 4 is 29.0 Å². The Morgan fingerprint density at radius 1 is 1.30 bits per heavy atom. The molecule has 0 aromatic heterocycles. The molecule has 0 spiro atoms. The van der Waals surface area contributed by atoms with E-state index in [4.69, 9.17) is 11.6 Å². The number of carbonyl (C=O) groups is 2. The quantitative estimate of drug-likeness (QED) is 0.489. The predicted octanol–water partition coefficient (Wildman–Crippen LogP) is 3.03. The van der Waals surface area contributed by atoms with Crippen molar-refractivity contribution in [3.63, 3.8) is 0 Å². The number of carbonyl (C=O) groups excluding carboxylic acids is 2. The molecule has 0 aliphatic carbocycles. The highest BCUT2D eigenvalue weighted by molar-refractivity contribution is 6.52. The molecular weight excluding hydrogens is 295 g/mol. The Morgan fingerprint density at radius 3 is 2.50 bits per heavy atom. The number of fused-ring (bicyclic) bond motifs is 1. The van der Waals surface area contributed by atoms with Crippen LogP contribution in [0.4, 0.5) is 18.9 Å². The average molecular weight is 304 g/mol. The minimum atomic E-state index is -4.56. The number of nitrogens with zero attached hydrogens (tertiary/aromatic N) is 1. The summed E-state index contributed by atoms with van der Waals surface area (Å²) in [7, 11) is 0. The maximum Gasteiger partial charge on any atom is 0.416 e. The number of amides is 1. The summed E-state index contributed by atoms with van der Waals surface area (Å²) in [6.07, 6.45) is -4.56. The highest BCUT2D eigenvalue weighted by atomic mass is 35.5. The molecule has 0 fully saturated rings. The van der Waals surface area contributed by atoms with Gasteiger partial charge in [0.2, 0.25) is 0 Å². The number of hydrogen-bond donors (Lipinski definition) is 0. The van der Waals surface area contributed by atoms with Crippen LogP contribution in [-0.2, 0) is 11.0 Å². The van der Waals surface area contributed by atoms with Crippen molar-refractivity contribution in [2.24, 2.45) is 0 Å². The van der Waals surface area contributed by atoms with Gasteiger partial charge in [-0.05, 0) is 23.8 Å². The minimum absolute atomic E-state index is 0.00639. The molecule has 0 bridgehead atoms. The van der Waals surface area contributed by atoms with Gasteiger partial charge < -0.3 is 4.90 Å². The van der Waals surface area contributed by atoms with Gasteiger partial charge >= 0.3 is 6.18 Å². The second kappa shape index (κ2) is 4.94. The Balaban J connectivity index is 2.44. The van der Waals surface area contributed by atoms with Crippen LogP contribution in [0.25, 0.3) is 0 Å². The molecule has 1 amide bonds. The monoisotopic (exact) mass is 303 g/mol. The molecule has 0 saturated carbocycles. The normalized spacial score (nSPS) is 14.7. The summed E-state index contributed by atoms with van der Waals surface area (Å²) in [4.78, 5) is 24.6. The van der Waals surface area contributed by atoms with Gasteiger partial charge in [0.1, 0.15) is 0 Å². The number of rotatable bonds is 3. The second-order valence-corrected chi connectivity index (χ2v) is 4.60. The van der Waals surface area contributed by atoms with Gasteiger partial charge in [0.05, 0.1) is 16.8 Å². The minimum Gasteiger partial charge on any atom is -0.301 e. The highest BCUT2D eigenvalue weighted by Gasteiger charge is 2.39. The number of benzene rings is 1. The van der Waals surface area contributed by atoms with Crippen LogP contribution >= 0.6 is 11.6 Å². The molecule has 106 valence electrons. The van der Waals surface area contributed by atoms with E-state index in [0.29, 0.717) is 11.6 Å². The fourth-order valence-electron chi connectivity index (χ4n) is 1.90. The Morgan fingerprint density at radius 2 is 1.95 bits per heavy atom. The molecular formula is C13H9ClF3NO2. The van der Waals surface area contributed by atoms with Gasteiger partial charge in [-0.25, -0.2) is 0 Å². The van der Waals surface area contributed by atoms with Gasteiger partial charge in [-0.3, -0.25) is 9.59 Å². The van der Waals surface area contributed by atoms with Gasteiger partial charge in [-0.2, -0.15) is 13.2 Å². The van der Waals surface area contributed by atoms with E-state index in [1.807, 2.05) is 0 Å². The summed E-state index contributed by atoms with van der Waals surface area (Å²) >= 11 is 5.56. The average Bonchev–Trinajstić information content (AvgIpc) is 2.62. The SMILES string of the molecule is C=C(CCl)CN1C(=O)C(=O)c2cc(C(F)(F)F)ccc21. The van der Waals surface area contributed by atoms with E-state index in [1.54, 1.807) is 0 Å². The summed E-state index contributed by atoms with van der Waals surface area (Å²) in [6.45, 7) is 3.62. The number of Topliss-reactive ketones (excluding diaryl/α,β-unsaturated/α-hetero) is 1. The first-order chi connectivity index (χ1) is 9.25. The van der Waals surface area contributed by atoms with Crippen LogP contribution in [0.3, 0.4) is 0 Å². The van der Waals surface area contributed by atoms with Crippen molar-refractivity contribution in [2.75, 3.05) is 17.3 Å². The highest BCUT2D eigenvalue weighted by Crippen LogP contribution is 2.36. The lowest BCUT2D eigenvalue weighted by Crippen LogP contribution is -2.31. The van der Waals surface area contributed by atoms with Crippen LogP contribution in [0.15, 0.2) is 30.4 Å². The number of ketones is 1. The molecule has 0 saturated heterocycles. The Labute approximate surface area is 117 Å². The first-order valence-corrected chi connectivity index (χ1v) is 6.09. The third-order valence-electron chi connectivity index (χ3n) is 2.87. The maximum absolute atomic E-state index is 12.6. The molecule has 0 N–H and O–H groups in total. The first kappa shape index (κ1) is 14.6. The third-order valence-corrected chi connectivity index (χ3v) is 3.25. The zero-order valence-corrected chi connectivity index (χ0v) is 10.9. The van der Waals surface area contributed by atoms with E-state index >= 15 is 0 Å². The van der Waals surface area contributed by atoms with Crippen molar-refractivity contribution in [2.45, 2.75) is 6.18 Å². The van der Waals surface area contributed by atoms with Crippen LogP contribution in [-0.4, -0.2) is 24.1 Å². The third kappa shape index (κ3) is 2.43. The summed E-state index contributed by atoms with van der Waals surface area (Å²) in [5, 5.41) is 0. The topological polar surface area (TPSA) is 37.4 Å². The number of anilines is 1. The van der Waals surface area contributed by atoms with Gasteiger partial charge in [-0.1, -0.05) is 6.58 Å². The van der Waals surface area contributed by atoms with E-state index in [2.05, 4.69) is 6.58 Å².